The molecule has 1 heteroatoms. The third-order valence-electron chi connectivity index (χ3n) is 2.92. The zero-order valence-corrected chi connectivity index (χ0v) is 8.90. The smallest absolute Gasteiger partial charge is 0.0534 e. The Morgan fingerprint density at radius 3 is 2.57 bits per heavy atom. The quantitative estimate of drug-likeness (QED) is 0.643. The van der Waals surface area contributed by atoms with Crippen LogP contribution in [0.4, 0.5) is 0 Å². The van der Waals surface area contributed by atoms with E-state index in [-0.39, 0.29) is 0 Å². The van der Waals surface area contributed by atoms with Crippen LogP contribution in [0.25, 0.3) is 0 Å². The Morgan fingerprint density at radius 2 is 2.00 bits per heavy atom. The molecule has 0 radical (unpaired) electrons. The van der Waals surface area contributed by atoms with E-state index in [4.69, 9.17) is 0 Å². The highest BCUT2D eigenvalue weighted by Crippen LogP contribution is 2.29. The molecule has 1 aromatic carbocycles. The van der Waals surface area contributed by atoms with Crippen molar-refractivity contribution >= 4 is 0 Å². The van der Waals surface area contributed by atoms with Gasteiger partial charge in [0.25, 0.3) is 0 Å². The summed E-state index contributed by atoms with van der Waals surface area (Å²) in [6.45, 7) is 3.35. The highest BCUT2D eigenvalue weighted by atomic mass is 15.1. The van der Waals surface area contributed by atoms with Crippen LogP contribution in [0.2, 0.25) is 0 Å². The Morgan fingerprint density at radius 1 is 1.29 bits per heavy atom. The molecule has 1 aliphatic heterocycles. The highest BCUT2D eigenvalue weighted by molar-refractivity contribution is 5.28. The van der Waals surface area contributed by atoms with Crippen LogP contribution < -0.4 is 0 Å². The minimum Gasteiger partial charge on any atom is -0.292 e. The first-order valence-electron chi connectivity index (χ1n) is 5.26. The zero-order chi connectivity index (χ0) is 9.97. The summed E-state index contributed by atoms with van der Waals surface area (Å²) in [5, 5.41) is 0. The van der Waals surface area contributed by atoms with Gasteiger partial charge in [-0.25, -0.2) is 0 Å². The minimum absolute atomic E-state index is 0.492. The Bertz CT molecular complexity index is 326. The first-order chi connectivity index (χ1) is 6.81. The first kappa shape index (κ1) is 9.47. The largest absolute Gasteiger partial charge is 0.292 e. The second kappa shape index (κ2) is 3.97. The molecule has 1 atom stereocenters. The monoisotopic (exact) mass is 187 g/mol. The van der Waals surface area contributed by atoms with Crippen LogP contribution >= 0.6 is 0 Å². The van der Waals surface area contributed by atoms with Gasteiger partial charge in [-0.05, 0) is 19.0 Å². The average molecular weight is 187 g/mol. The van der Waals surface area contributed by atoms with Gasteiger partial charge in [-0.15, -0.1) is 0 Å². The van der Waals surface area contributed by atoms with E-state index in [0.29, 0.717) is 6.04 Å². The normalized spacial score (nSPS) is 22.4. The number of likely N-dealkylation sites (N-methyl/N-ethyl adjacent to an activating group) is 1. The summed E-state index contributed by atoms with van der Waals surface area (Å²) < 4.78 is 0. The van der Waals surface area contributed by atoms with Crippen molar-refractivity contribution in [2.75, 3.05) is 13.6 Å². The fourth-order valence-electron chi connectivity index (χ4n) is 2.05. The molecule has 0 N–H and O–H groups in total. The summed E-state index contributed by atoms with van der Waals surface area (Å²) in [6.07, 6.45) is 3.57. The predicted octanol–water partition coefficient (Wildman–Crippen LogP) is 3.01. The van der Waals surface area contributed by atoms with Crippen molar-refractivity contribution in [1.82, 2.24) is 4.90 Å². The van der Waals surface area contributed by atoms with Gasteiger partial charge >= 0.3 is 0 Å². The molecule has 0 spiro atoms. The van der Waals surface area contributed by atoms with Gasteiger partial charge in [0.05, 0.1) is 6.04 Å². The molecule has 1 heterocycles. The Balaban J connectivity index is 2.23. The van der Waals surface area contributed by atoms with Crippen molar-refractivity contribution < 1.29 is 0 Å². The van der Waals surface area contributed by atoms with E-state index in [9.17, 15) is 0 Å². The lowest BCUT2D eigenvalue weighted by molar-refractivity contribution is 0.336. The van der Waals surface area contributed by atoms with E-state index in [2.05, 4.69) is 55.3 Å². The SMILES string of the molecule is CCC1=CC(c2ccccc2)N(C)C1. The van der Waals surface area contributed by atoms with Gasteiger partial charge in [0.1, 0.15) is 0 Å². The molecule has 14 heavy (non-hydrogen) atoms. The van der Waals surface area contributed by atoms with Gasteiger partial charge in [-0.3, -0.25) is 4.90 Å². The molecule has 1 unspecified atom stereocenters. The van der Waals surface area contributed by atoms with Crippen molar-refractivity contribution in [3.63, 3.8) is 0 Å². The van der Waals surface area contributed by atoms with Crippen LogP contribution in [0.5, 0.6) is 0 Å². The van der Waals surface area contributed by atoms with E-state index >= 15 is 0 Å². The molecule has 0 aromatic heterocycles. The second-order valence-corrected chi connectivity index (χ2v) is 3.95. The second-order valence-electron chi connectivity index (χ2n) is 3.95. The van der Waals surface area contributed by atoms with Gasteiger partial charge in [0.15, 0.2) is 0 Å². The van der Waals surface area contributed by atoms with Crippen molar-refractivity contribution in [3.05, 3.63) is 47.5 Å². The lowest BCUT2D eigenvalue weighted by Gasteiger charge is -2.19. The Kier molecular flexibility index (Phi) is 2.69. The molecule has 1 nitrogen and oxygen atoms in total. The number of hydrogen-bond donors (Lipinski definition) is 0. The van der Waals surface area contributed by atoms with Gasteiger partial charge < -0.3 is 0 Å². The maximum atomic E-state index is 2.40. The van der Waals surface area contributed by atoms with Gasteiger partial charge in [0, 0.05) is 6.54 Å². The molecule has 0 aliphatic carbocycles. The van der Waals surface area contributed by atoms with Crippen molar-refractivity contribution in [2.45, 2.75) is 19.4 Å². The topological polar surface area (TPSA) is 3.24 Å². The van der Waals surface area contributed by atoms with Crippen LogP contribution in [0.3, 0.4) is 0 Å². The minimum atomic E-state index is 0.492. The summed E-state index contributed by atoms with van der Waals surface area (Å²) in [5.41, 5.74) is 2.96. The Labute approximate surface area is 86.1 Å². The third-order valence-corrected chi connectivity index (χ3v) is 2.92. The molecule has 2 rings (SSSR count). The maximum absolute atomic E-state index is 2.40. The molecular weight excluding hydrogens is 170 g/mol. The first-order valence-corrected chi connectivity index (χ1v) is 5.26. The number of rotatable bonds is 2. The molecule has 0 amide bonds. The number of nitrogens with zero attached hydrogens (tertiary/aromatic N) is 1. The molecular formula is C13H17N. The third kappa shape index (κ3) is 1.73. The fourth-order valence-corrected chi connectivity index (χ4v) is 2.05. The van der Waals surface area contributed by atoms with Crippen LogP contribution in [-0.2, 0) is 0 Å². The van der Waals surface area contributed by atoms with Crippen LogP contribution in [0.1, 0.15) is 24.9 Å². The average Bonchev–Trinajstić information content (AvgIpc) is 2.61. The maximum Gasteiger partial charge on any atom is 0.0534 e. The number of hydrogen-bond acceptors (Lipinski definition) is 1. The van der Waals surface area contributed by atoms with Gasteiger partial charge in [-0.1, -0.05) is 48.9 Å². The Hall–Kier alpha value is -1.08. The van der Waals surface area contributed by atoms with Crippen molar-refractivity contribution in [2.24, 2.45) is 0 Å². The summed E-state index contributed by atoms with van der Waals surface area (Å²) >= 11 is 0. The summed E-state index contributed by atoms with van der Waals surface area (Å²) in [6, 6.07) is 11.2. The van der Waals surface area contributed by atoms with E-state index < -0.39 is 0 Å². The van der Waals surface area contributed by atoms with Crippen LogP contribution in [0.15, 0.2) is 42.0 Å². The van der Waals surface area contributed by atoms with E-state index in [1.807, 2.05) is 0 Å². The molecule has 0 saturated heterocycles. The molecule has 0 bridgehead atoms. The number of benzene rings is 1. The summed E-state index contributed by atoms with van der Waals surface area (Å²) in [7, 11) is 2.19. The standard InChI is InChI=1S/C13H17N/c1-3-11-9-13(14(2)10-11)12-7-5-4-6-8-12/h4-9,13H,3,10H2,1-2H3. The molecule has 0 fully saturated rings. The molecule has 0 saturated carbocycles. The van der Waals surface area contributed by atoms with E-state index in [1.54, 1.807) is 5.57 Å². The van der Waals surface area contributed by atoms with E-state index in [0.717, 1.165) is 6.54 Å². The summed E-state index contributed by atoms with van der Waals surface area (Å²) in [5.74, 6) is 0. The summed E-state index contributed by atoms with van der Waals surface area (Å²) in [4.78, 5) is 2.40. The lowest BCUT2D eigenvalue weighted by Crippen LogP contribution is -2.18. The zero-order valence-electron chi connectivity index (χ0n) is 8.90. The van der Waals surface area contributed by atoms with Crippen molar-refractivity contribution in [1.29, 1.82) is 0 Å². The van der Waals surface area contributed by atoms with Crippen LogP contribution in [-0.4, -0.2) is 18.5 Å². The van der Waals surface area contributed by atoms with Crippen LogP contribution in [0, 0.1) is 0 Å². The lowest BCUT2D eigenvalue weighted by atomic mass is 10.1. The van der Waals surface area contributed by atoms with Gasteiger partial charge in [-0.2, -0.15) is 0 Å². The van der Waals surface area contributed by atoms with Gasteiger partial charge in [0.2, 0.25) is 0 Å². The fraction of sp³-hybridized carbons (Fsp3) is 0.385. The molecule has 1 aromatic rings. The van der Waals surface area contributed by atoms with E-state index in [1.165, 1.54) is 12.0 Å². The molecule has 1 aliphatic rings. The van der Waals surface area contributed by atoms with Crippen molar-refractivity contribution in [3.8, 4) is 0 Å². The highest BCUT2D eigenvalue weighted by Gasteiger charge is 2.21. The predicted molar refractivity (Wildman–Crippen MR) is 60.2 cm³/mol. The molecule has 74 valence electrons.